The Morgan fingerprint density at radius 2 is 1.81 bits per heavy atom. The quantitative estimate of drug-likeness (QED) is 0.699. The van der Waals surface area contributed by atoms with Crippen molar-refractivity contribution in [2.24, 2.45) is 0 Å². The predicted octanol–water partition coefficient (Wildman–Crippen LogP) is 3.96. The number of anilines is 1. The zero-order valence-corrected chi connectivity index (χ0v) is 13.7. The lowest BCUT2D eigenvalue weighted by atomic mass is 9.95. The lowest BCUT2D eigenvalue weighted by Crippen LogP contribution is -2.18. The maximum absolute atomic E-state index is 13.7. The summed E-state index contributed by atoms with van der Waals surface area (Å²) < 4.78 is 45.5. The maximum atomic E-state index is 13.7. The van der Waals surface area contributed by atoms with Gasteiger partial charge in [0.2, 0.25) is 17.7 Å². The average Bonchev–Trinajstić information content (AvgIpc) is 3.07. The summed E-state index contributed by atoms with van der Waals surface area (Å²) in [6.07, 6.45) is -0.149. The van der Waals surface area contributed by atoms with Gasteiger partial charge in [0, 0.05) is 13.3 Å². The van der Waals surface area contributed by atoms with Crippen molar-refractivity contribution in [1.82, 2.24) is 10.2 Å². The van der Waals surface area contributed by atoms with Gasteiger partial charge in [-0.3, -0.25) is 4.79 Å². The van der Waals surface area contributed by atoms with Crippen molar-refractivity contribution in [3.05, 3.63) is 77.3 Å². The number of hydrogen-bond acceptors (Lipinski definition) is 4. The molecule has 0 spiro atoms. The summed E-state index contributed by atoms with van der Waals surface area (Å²) in [5, 5.41) is 9.95. The van der Waals surface area contributed by atoms with Crippen molar-refractivity contribution in [1.29, 1.82) is 0 Å². The Labute approximate surface area is 146 Å². The molecule has 1 heterocycles. The monoisotopic (exact) mass is 361 g/mol. The molecule has 0 saturated carbocycles. The number of carbonyl (C=O) groups is 1. The van der Waals surface area contributed by atoms with Crippen LogP contribution in [0.2, 0.25) is 0 Å². The van der Waals surface area contributed by atoms with E-state index in [0.717, 1.165) is 17.7 Å². The highest BCUT2D eigenvalue weighted by Crippen LogP contribution is 2.28. The van der Waals surface area contributed by atoms with Gasteiger partial charge in [-0.25, -0.2) is 13.2 Å². The number of halogens is 3. The third-order valence-electron chi connectivity index (χ3n) is 3.74. The number of nitrogens with one attached hydrogen (secondary N) is 1. The Hall–Kier alpha value is -3.16. The van der Waals surface area contributed by atoms with Gasteiger partial charge in [0.1, 0.15) is 0 Å². The summed E-state index contributed by atoms with van der Waals surface area (Å²) in [4.78, 5) is 12.3. The number of carbonyl (C=O) groups excluding carboxylic acids is 1. The molecule has 0 saturated heterocycles. The molecule has 0 aliphatic rings. The first-order chi connectivity index (χ1) is 12.5. The van der Waals surface area contributed by atoms with Gasteiger partial charge in [-0.15, -0.1) is 10.2 Å². The van der Waals surface area contributed by atoms with E-state index in [2.05, 4.69) is 15.5 Å². The molecule has 3 rings (SSSR count). The van der Waals surface area contributed by atoms with Gasteiger partial charge in [-0.05, 0) is 17.7 Å². The third kappa shape index (κ3) is 3.74. The standard InChI is InChI=1S/C18H14F3N3O2/c1-10-23-24-18(26-10)12(11-5-3-2-4-6-11)9-15(25)22-14-8-7-13(19)16(20)17(14)21/h2-8,12H,9H2,1H3,(H,22,25). The largest absolute Gasteiger partial charge is 0.425 e. The van der Waals surface area contributed by atoms with Gasteiger partial charge in [0.05, 0.1) is 11.6 Å². The Kier molecular flexibility index (Phi) is 5.01. The summed E-state index contributed by atoms with van der Waals surface area (Å²) in [6.45, 7) is 1.62. The van der Waals surface area contributed by atoms with Crippen LogP contribution in [-0.2, 0) is 4.79 Å². The van der Waals surface area contributed by atoms with E-state index in [0.29, 0.717) is 5.89 Å². The fraction of sp³-hybridized carbons (Fsp3) is 0.167. The van der Waals surface area contributed by atoms with Crippen LogP contribution in [0, 0.1) is 24.4 Å². The molecule has 8 heteroatoms. The van der Waals surface area contributed by atoms with Crippen LogP contribution in [0.25, 0.3) is 0 Å². The summed E-state index contributed by atoms with van der Waals surface area (Å²) in [6, 6.07) is 10.7. The molecule has 0 bridgehead atoms. The smallest absolute Gasteiger partial charge is 0.225 e. The summed E-state index contributed by atoms with van der Waals surface area (Å²) in [7, 11) is 0. The maximum Gasteiger partial charge on any atom is 0.225 e. The van der Waals surface area contributed by atoms with Crippen molar-refractivity contribution in [2.75, 3.05) is 5.32 Å². The van der Waals surface area contributed by atoms with Crippen LogP contribution in [-0.4, -0.2) is 16.1 Å². The summed E-state index contributed by atoms with van der Waals surface area (Å²) in [5.41, 5.74) is 0.305. The second-order valence-electron chi connectivity index (χ2n) is 5.60. The van der Waals surface area contributed by atoms with E-state index in [1.807, 2.05) is 6.07 Å². The summed E-state index contributed by atoms with van der Waals surface area (Å²) in [5.74, 6) is -5.03. The van der Waals surface area contributed by atoms with E-state index in [1.54, 1.807) is 31.2 Å². The fourth-order valence-electron chi connectivity index (χ4n) is 2.49. The van der Waals surface area contributed by atoms with Crippen LogP contribution in [0.5, 0.6) is 0 Å². The Morgan fingerprint density at radius 3 is 2.46 bits per heavy atom. The second-order valence-corrected chi connectivity index (χ2v) is 5.60. The normalized spacial score (nSPS) is 12.0. The van der Waals surface area contributed by atoms with Crippen LogP contribution < -0.4 is 5.32 Å². The highest BCUT2D eigenvalue weighted by Gasteiger charge is 2.24. The number of hydrogen-bond donors (Lipinski definition) is 1. The number of amides is 1. The van der Waals surface area contributed by atoms with Crippen LogP contribution >= 0.6 is 0 Å². The van der Waals surface area contributed by atoms with Crippen molar-refractivity contribution >= 4 is 11.6 Å². The molecule has 134 valence electrons. The molecule has 1 unspecified atom stereocenters. The SMILES string of the molecule is Cc1nnc(C(CC(=O)Nc2ccc(F)c(F)c2F)c2ccccc2)o1. The molecular formula is C18H14F3N3O2. The molecule has 1 aromatic heterocycles. The minimum absolute atomic E-state index is 0.149. The highest BCUT2D eigenvalue weighted by atomic mass is 19.2. The first kappa shape index (κ1) is 17.7. The Bertz CT molecular complexity index is 929. The number of aromatic nitrogens is 2. The van der Waals surface area contributed by atoms with Crippen LogP contribution in [0.1, 0.15) is 29.7 Å². The predicted molar refractivity (Wildman–Crippen MR) is 86.9 cm³/mol. The molecule has 1 N–H and O–H groups in total. The molecule has 2 aromatic carbocycles. The van der Waals surface area contributed by atoms with E-state index in [1.165, 1.54) is 0 Å². The molecule has 0 aliphatic carbocycles. The van der Waals surface area contributed by atoms with Crippen LogP contribution in [0.15, 0.2) is 46.9 Å². The van der Waals surface area contributed by atoms with E-state index in [9.17, 15) is 18.0 Å². The van der Waals surface area contributed by atoms with Gasteiger partial charge in [0.15, 0.2) is 17.5 Å². The lowest BCUT2D eigenvalue weighted by Gasteiger charge is -2.14. The molecule has 3 aromatic rings. The molecule has 0 aliphatic heterocycles. The fourth-order valence-corrected chi connectivity index (χ4v) is 2.49. The lowest BCUT2D eigenvalue weighted by molar-refractivity contribution is -0.116. The molecule has 1 atom stereocenters. The molecule has 0 radical (unpaired) electrons. The topological polar surface area (TPSA) is 68.0 Å². The van der Waals surface area contributed by atoms with Crippen LogP contribution in [0.4, 0.5) is 18.9 Å². The average molecular weight is 361 g/mol. The minimum atomic E-state index is -1.64. The first-order valence-electron chi connectivity index (χ1n) is 7.74. The highest BCUT2D eigenvalue weighted by molar-refractivity contribution is 5.91. The zero-order chi connectivity index (χ0) is 18.7. The van der Waals surface area contributed by atoms with Crippen molar-refractivity contribution in [3.8, 4) is 0 Å². The van der Waals surface area contributed by atoms with E-state index in [4.69, 9.17) is 4.42 Å². The third-order valence-corrected chi connectivity index (χ3v) is 3.74. The molecule has 1 amide bonds. The van der Waals surface area contributed by atoms with Gasteiger partial charge >= 0.3 is 0 Å². The van der Waals surface area contributed by atoms with Crippen molar-refractivity contribution in [2.45, 2.75) is 19.3 Å². The molecule has 5 nitrogen and oxygen atoms in total. The zero-order valence-electron chi connectivity index (χ0n) is 13.7. The number of benzene rings is 2. The van der Waals surface area contributed by atoms with Gasteiger partial charge in [-0.2, -0.15) is 0 Å². The Morgan fingerprint density at radius 1 is 1.08 bits per heavy atom. The van der Waals surface area contributed by atoms with Crippen molar-refractivity contribution < 1.29 is 22.4 Å². The first-order valence-corrected chi connectivity index (χ1v) is 7.74. The van der Waals surface area contributed by atoms with E-state index in [-0.39, 0.29) is 12.3 Å². The molecule has 26 heavy (non-hydrogen) atoms. The van der Waals surface area contributed by atoms with E-state index < -0.39 is 35.0 Å². The van der Waals surface area contributed by atoms with Crippen LogP contribution in [0.3, 0.4) is 0 Å². The molecular weight excluding hydrogens is 347 g/mol. The van der Waals surface area contributed by atoms with Gasteiger partial charge in [0.25, 0.3) is 0 Å². The number of nitrogens with zero attached hydrogens (tertiary/aromatic N) is 2. The molecule has 0 fully saturated rings. The number of rotatable bonds is 5. The van der Waals surface area contributed by atoms with Crippen molar-refractivity contribution in [3.63, 3.8) is 0 Å². The number of aryl methyl sites for hydroxylation is 1. The van der Waals surface area contributed by atoms with Gasteiger partial charge in [-0.1, -0.05) is 30.3 Å². The Balaban J connectivity index is 1.83. The minimum Gasteiger partial charge on any atom is -0.425 e. The van der Waals surface area contributed by atoms with Gasteiger partial charge < -0.3 is 9.73 Å². The second kappa shape index (κ2) is 7.38. The summed E-state index contributed by atoms with van der Waals surface area (Å²) >= 11 is 0. The van der Waals surface area contributed by atoms with E-state index >= 15 is 0 Å².